The summed E-state index contributed by atoms with van der Waals surface area (Å²) in [5.74, 6) is -0.969. The summed E-state index contributed by atoms with van der Waals surface area (Å²) in [5.41, 5.74) is -0.766. The number of carbonyl (C=O) groups excluding carboxylic acids is 3. The number of hydrogen-bond acceptors (Lipinski definition) is 5. The smallest absolute Gasteiger partial charge is 0.328 e. The minimum atomic E-state index is -1.30. The maximum absolute atomic E-state index is 12.4. The second-order valence-electron chi connectivity index (χ2n) is 4.98. The van der Waals surface area contributed by atoms with Crippen molar-refractivity contribution in [3.05, 3.63) is 29.8 Å². The largest absolute Gasteiger partial charge is 0.465 e. The Kier molecular flexibility index (Phi) is 6.28. The molecular formula is C17H22O5. The Bertz CT molecular complexity index is 541. The Morgan fingerprint density at radius 1 is 0.955 bits per heavy atom. The number of rotatable bonds is 7. The first-order valence-corrected chi connectivity index (χ1v) is 7.41. The quantitative estimate of drug-likeness (QED) is 0.335. The molecule has 0 aliphatic heterocycles. The van der Waals surface area contributed by atoms with Gasteiger partial charge in [0.25, 0.3) is 0 Å². The van der Waals surface area contributed by atoms with Gasteiger partial charge in [0.15, 0.2) is 11.2 Å². The number of hydrogen-bond donors (Lipinski definition) is 0. The molecule has 0 bridgehead atoms. The van der Waals surface area contributed by atoms with Gasteiger partial charge < -0.3 is 9.47 Å². The zero-order chi connectivity index (χ0) is 16.8. The summed E-state index contributed by atoms with van der Waals surface area (Å²) >= 11 is 0. The van der Waals surface area contributed by atoms with E-state index in [1.807, 2.05) is 0 Å². The molecule has 0 aliphatic carbocycles. The molecule has 22 heavy (non-hydrogen) atoms. The Morgan fingerprint density at radius 3 is 1.91 bits per heavy atom. The van der Waals surface area contributed by atoms with Crippen LogP contribution in [-0.4, -0.2) is 24.3 Å². The topological polar surface area (TPSA) is 69.7 Å². The standard InChI is InChI=1S/C17H22O5/c1-5-17(6-2,15(19)21-7-3)16(20)22-14-10-8-13(9-11-14)12(4)18/h8-11H,5-7H2,1-4H3. The van der Waals surface area contributed by atoms with Crippen molar-refractivity contribution in [2.24, 2.45) is 5.41 Å². The first-order chi connectivity index (χ1) is 10.4. The second kappa shape index (κ2) is 7.73. The Balaban J connectivity index is 2.96. The lowest BCUT2D eigenvalue weighted by Crippen LogP contribution is -2.42. The molecule has 5 nitrogen and oxygen atoms in total. The molecule has 0 unspecified atom stereocenters. The molecule has 1 rings (SSSR count). The lowest BCUT2D eigenvalue weighted by molar-refractivity contribution is -0.167. The highest BCUT2D eigenvalue weighted by Gasteiger charge is 2.46. The van der Waals surface area contributed by atoms with Crippen LogP contribution in [0.15, 0.2) is 24.3 Å². The van der Waals surface area contributed by atoms with E-state index in [1.54, 1.807) is 32.9 Å². The van der Waals surface area contributed by atoms with Gasteiger partial charge in [-0.3, -0.25) is 14.4 Å². The van der Waals surface area contributed by atoms with Crippen molar-refractivity contribution in [2.45, 2.75) is 40.5 Å². The van der Waals surface area contributed by atoms with E-state index < -0.39 is 17.4 Å². The van der Waals surface area contributed by atoms with Crippen LogP contribution in [0.2, 0.25) is 0 Å². The van der Waals surface area contributed by atoms with Gasteiger partial charge in [0, 0.05) is 5.56 Å². The monoisotopic (exact) mass is 306 g/mol. The molecule has 0 saturated heterocycles. The van der Waals surface area contributed by atoms with Gasteiger partial charge in [0.05, 0.1) is 6.61 Å². The van der Waals surface area contributed by atoms with Crippen molar-refractivity contribution in [1.82, 2.24) is 0 Å². The molecule has 0 saturated carbocycles. The van der Waals surface area contributed by atoms with Gasteiger partial charge in [-0.2, -0.15) is 0 Å². The molecular weight excluding hydrogens is 284 g/mol. The lowest BCUT2D eigenvalue weighted by atomic mass is 9.82. The molecule has 0 atom stereocenters. The molecule has 120 valence electrons. The molecule has 0 aliphatic rings. The van der Waals surface area contributed by atoms with Gasteiger partial charge in [0.2, 0.25) is 0 Å². The van der Waals surface area contributed by atoms with Crippen LogP contribution in [0.25, 0.3) is 0 Å². The van der Waals surface area contributed by atoms with Crippen LogP contribution >= 0.6 is 0 Å². The predicted octanol–water partition coefficient (Wildman–Crippen LogP) is 3.16. The van der Waals surface area contributed by atoms with Crippen LogP contribution in [0.3, 0.4) is 0 Å². The Morgan fingerprint density at radius 2 is 1.50 bits per heavy atom. The second-order valence-corrected chi connectivity index (χ2v) is 4.98. The van der Waals surface area contributed by atoms with Crippen molar-refractivity contribution in [3.8, 4) is 5.75 Å². The predicted molar refractivity (Wildman–Crippen MR) is 81.7 cm³/mol. The molecule has 0 N–H and O–H groups in total. The third-order valence-electron chi connectivity index (χ3n) is 3.74. The maximum Gasteiger partial charge on any atom is 0.328 e. The minimum Gasteiger partial charge on any atom is -0.465 e. The van der Waals surface area contributed by atoms with Gasteiger partial charge in [-0.25, -0.2) is 0 Å². The van der Waals surface area contributed by atoms with Crippen LogP contribution in [0, 0.1) is 5.41 Å². The van der Waals surface area contributed by atoms with E-state index in [-0.39, 0.29) is 12.4 Å². The van der Waals surface area contributed by atoms with E-state index in [9.17, 15) is 14.4 Å². The van der Waals surface area contributed by atoms with Crippen LogP contribution < -0.4 is 4.74 Å². The number of ether oxygens (including phenoxy) is 2. The van der Waals surface area contributed by atoms with E-state index >= 15 is 0 Å². The van der Waals surface area contributed by atoms with Gasteiger partial charge in [-0.05, 0) is 51.0 Å². The van der Waals surface area contributed by atoms with E-state index in [1.165, 1.54) is 19.1 Å². The molecule has 0 amide bonds. The van der Waals surface area contributed by atoms with Gasteiger partial charge in [-0.15, -0.1) is 0 Å². The molecule has 5 heteroatoms. The summed E-state index contributed by atoms with van der Waals surface area (Å²) in [6, 6.07) is 6.23. The first kappa shape index (κ1) is 17.9. The minimum absolute atomic E-state index is 0.0686. The van der Waals surface area contributed by atoms with Gasteiger partial charge in [-0.1, -0.05) is 13.8 Å². The highest BCUT2D eigenvalue weighted by Crippen LogP contribution is 2.31. The number of esters is 2. The Hall–Kier alpha value is -2.17. The fourth-order valence-corrected chi connectivity index (χ4v) is 2.14. The SMILES string of the molecule is CCOC(=O)C(CC)(CC)C(=O)Oc1ccc(C(C)=O)cc1. The fraction of sp³-hybridized carbons (Fsp3) is 0.471. The number of ketones is 1. The van der Waals surface area contributed by atoms with Gasteiger partial charge >= 0.3 is 11.9 Å². The molecule has 0 radical (unpaired) electrons. The Labute approximate surface area is 130 Å². The van der Waals surface area contributed by atoms with Crippen molar-refractivity contribution >= 4 is 17.7 Å². The third kappa shape index (κ3) is 3.72. The van der Waals surface area contributed by atoms with Crippen molar-refractivity contribution in [2.75, 3.05) is 6.61 Å². The summed E-state index contributed by atoms with van der Waals surface area (Å²) in [5, 5.41) is 0. The fourth-order valence-electron chi connectivity index (χ4n) is 2.14. The highest BCUT2D eigenvalue weighted by molar-refractivity contribution is 6.01. The van der Waals surface area contributed by atoms with E-state index in [4.69, 9.17) is 9.47 Å². The number of benzene rings is 1. The molecule has 0 aromatic heterocycles. The highest BCUT2D eigenvalue weighted by atomic mass is 16.6. The van der Waals surface area contributed by atoms with Crippen LogP contribution in [0.5, 0.6) is 5.75 Å². The average Bonchev–Trinajstić information content (AvgIpc) is 2.50. The number of carbonyl (C=O) groups is 3. The van der Waals surface area contributed by atoms with Crippen molar-refractivity contribution < 1.29 is 23.9 Å². The zero-order valence-corrected chi connectivity index (χ0v) is 13.5. The molecule has 0 heterocycles. The summed E-state index contributed by atoms with van der Waals surface area (Å²) in [7, 11) is 0. The lowest BCUT2D eigenvalue weighted by Gasteiger charge is -2.26. The van der Waals surface area contributed by atoms with E-state index in [2.05, 4.69) is 0 Å². The van der Waals surface area contributed by atoms with Crippen molar-refractivity contribution in [3.63, 3.8) is 0 Å². The third-order valence-corrected chi connectivity index (χ3v) is 3.74. The molecule has 0 fully saturated rings. The molecule has 1 aromatic carbocycles. The number of Topliss-reactive ketones (excluding diaryl/α,β-unsaturated/α-hetero) is 1. The van der Waals surface area contributed by atoms with Crippen LogP contribution in [0.1, 0.15) is 50.9 Å². The maximum atomic E-state index is 12.4. The van der Waals surface area contributed by atoms with E-state index in [0.717, 1.165) is 0 Å². The zero-order valence-electron chi connectivity index (χ0n) is 13.5. The summed E-state index contributed by atoms with van der Waals surface area (Å²) < 4.78 is 10.3. The van der Waals surface area contributed by atoms with Crippen LogP contribution in [0.4, 0.5) is 0 Å². The first-order valence-electron chi connectivity index (χ1n) is 7.41. The molecule has 0 spiro atoms. The average molecular weight is 306 g/mol. The summed E-state index contributed by atoms with van der Waals surface area (Å²) in [6.45, 7) is 6.86. The van der Waals surface area contributed by atoms with E-state index in [0.29, 0.717) is 24.2 Å². The van der Waals surface area contributed by atoms with Crippen molar-refractivity contribution in [1.29, 1.82) is 0 Å². The normalized spacial score (nSPS) is 10.9. The molecule has 1 aromatic rings. The van der Waals surface area contributed by atoms with Gasteiger partial charge in [0.1, 0.15) is 5.75 Å². The summed E-state index contributed by atoms with van der Waals surface area (Å²) in [6.07, 6.45) is 0.597. The summed E-state index contributed by atoms with van der Waals surface area (Å²) in [4.78, 5) is 35.8. The van der Waals surface area contributed by atoms with Crippen LogP contribution in [-0.2, 0) is 14.3 Å².